The Morgan fingerprint density at radius 1 is 1.10 bits per heavy atom. The molecule has 0 aliphatic carbocycles. The van der Waals surface area contributed by atoms with Crippen LogP contribution in [0.15, 0.2) is 54.6 Å². The van der Waals surface area contributed by atoms with E-state index in [-0.39, 0.29) is 6.04 Å². The van der Waals surface area contributed by atoms with Gasteiger partial charge >= 0.3 is 5.97 Å². The van der Waals surface area contributed by atoms with Crippen molar-refractivity contribution in [3.05, 3.63) is 65.7 Å². The van der Waals surface area contributed by atoms with Crippen molar-refractivity contribution in [2.24, 2.45) is 0 Å². The third-order valence-electron chi connectivity index (χ3n) is 3.71. The van der Waals surface area contributed by atoms with Gasteiger partial charge < -0.3 is 10.4 Å². The van der Waals surface area contributed by atoms with E-state index in [2.05, 4.69) is 24.4 Å². The standard InChI is InChI=1S/C18H21NO2/c1-3-15(18(20)21)16-11-7-8-12-17(16)19-13(2)14-9-5-4-6-10-14/h4-13,15,19H,3H2,1-2H3,(H,20,21)/t13-,15-/m1/s1. The Hall–Kier alpha value is -2.29. The highest BCUT2D eigenvalue weighted by atomic mass is 16.4. The molecule has 0 saturated carbocycles. The van der Waals surface area contributed by atoms with Crippen molar-refractivity contribution in [3.8, 4) is 0 Å². The molecule has 0 unspecified atom stereocenters. The van der Waals surface area contributed by atoms with Crippen LogP contribution in [0.2, 0.25) is 0 Å². The van der Waals surface area contributed by atoms with Crippen molar-refractivity contribution < 1.29 is 9.90 Å². The van der Waals surface area contributed by atoms with E-state index in [9.17, 15) is 9.90 Å². The summed E-state index contributed by atoms with van der Waals surface area (Å²) in [6.45, 7) is 3.98. The molecule has 0 bridgehead atoms. The molecular formula is C18H21NO2. The Morgan fingerprint density at radius 3 is 2.33 bits per heavy atom. The Balaban J connectivity index is 2.26. The van der Waals surface area contributed by atoms with Crippen LogP contribution in [0.5, 0.6) is 0 Å². The van der Waals surface area contributed by atoms with Gasteiger partial charge in [0.05, 0.1) is 5.92 Å². The maximum absolute atomic E-state index is 11.4. The van der Waals surface area contributed by atoms with Crippen LogP contribution < -0.4 is 5.32 Å². The quantitative estimate of drug-likeness (QED) is 0.824. The summed E-state index contributed by atoms with van der Waals surface area (Å²) in [5.74, 6) is -1.25. The van der Waals surface area contributed by atoms with Crippen LogP contribution in [-0.4, -0.2) is 11.1 Å². The number of hydrogen-bond donors (Lipinski definition) is 2. The molecule has 0 radical (unpaired) electrons. The number of carbonyl (C=O) groups is 1. The Kier molecular flexibility index (Phi) is 4.99. The van der Waals surface area contributed by atoms with E-state index in [1.807, 2.05) is 49.4 Å². The van der Waals surface area contributed by atoms with Gasteiger partial charge in [-0.3, -0.25) is 4.79 Å². The number of carboxylic acids is 1. The van der Waals surface area contributed by atoms with Crippen LogP contribution in [0.4, 0.5) is 5.69 Å². The van der Waals surface area contributed by atoms with Crippen LogP contribution in [0.1, 0.15) is 43.4 Å². The average molecular weight is 283 g/mol. The zero-order valence-corrected chi connectivity index (χ0v) is 12.4. The lowest BCUT2D eigenvalue weighted by atomic mass is 9.94. The van der Waals surface area contributed by atoms with Crippen molar-refractivity contribution in [2.45, 2.75) is 32.2 Å². The Morgan fingerprint density at radius 2 is 1.71 bits per heavy atom. The summed E-state index contributed by atoms with van der Waals surface area (Å²) in [4.78, 5) is 11.4. The van der Waals surface area contributed by atoms with Crippen molar-refractivity contribution in [1.82, 2.24) is 0 Å². The van der Waals surface area contributed by atoms with Gasteiger partial charge in [-0.15, -0.1) is 0 Å². The minimum atomic E-state index is -0.779. The number of aliphatic carboxylic acids is 1. The second kappa shape index (κ2) is 6.93. The van der Waals surface area contributed by atoms with Crippen molar-refractivity contribution in [3.63, 3.8) is 0 Å². The lowest BCUT2D eigenvalue weighted by Gasteiger charge is -2.21. The van der Waals surface area contributed by atoms with Gasteiger partial charge in [-0.05, 0) is 30.5 Å². The molecule has 21 heavy (non-hydrogen) atoms. The topological polar surface area (TPSA) is 49.3 Å². The molecule has 0 aliphatic heterocycles. The minimum absolute atomic E-state index is 0.124. The van der Waals surface area contributed by atoms with Gasteiger partial charge in [-0.25, -0.2) is 0 Å². The minimum Gasteiger partial charge on any atom is -0.481 e. The average Bonchev–Trinajstić information content (AvgIpc) is 2.50. The Labute approximate surface area is 125 Å². The third-order valence-corrected chi connectivity index (χ3v) is 3.71. The van der Waals surface area contributed by atoms with Crippen molar-refractivity contribution >= 4 is 11.7 Å². The second-order valence-electron chi connectivity index (χ2n) is 5.16. The normalized spacial score (nSPS) is 13.4. The smallest absolute Gasteiger partial charge is 0.311 e. The van der Waals surface area contributed by atoms with Gasteiger partial charge in [0.1, 0.15) is 0 Å². The highest BCUT2D eigenvalue weighted by molar-refractivity contribution is 5.79. The SMILES string of the molecule is CC[C@@H](C(=O)O)c1ccccc1N[C@H](C)c1ccccc1. The lowest BCUT2D eigenvalue weighted by Crippen LogP contribution is -2.15. The first-order valence-corrected chi connectivity index (χ1v) is 7.26. The van der Waals surface area contributed by atoms with E-state index in [1.54, 1.807) is 0 Å². The van der Waals surface area contributed by atoms with Gasteiger partial charge in [0, 0.05) is 11.7 Å². The number of rotatable bonds is 6. The van der Waals surface area contributed by atoms with E-state index in [1.165, 1.54) is 5.56 Å². The maximum atomic E-state index is 11.4. The predicted molar refractivity (Wildman–Crippen MR) is 85.6 cm³/mol. The van der Waals surface area contributed by atoms with Crippen LogP contribution in [0, 0.1) is 0 Å². The second-order valence-corrected chi connectivity index (χ2v) is 5.16. The molecule has 3 nitrogen and oxygen atoms in total. The molecule has 0 saturated heterocycles. The van der Waals surface area contributed by atoms with Gasteiger partial charge in [0.2, 0.25) is 0 Å². The van der Waals surface area contributed by atoms with Crippen LogP contribution in [-0.2, 0) is 4.79 Å². The highest BCUT2D eigenvalue weighted by Crippen LogP contribution is 2.30. The number of carboxylic acid groups (broad SMARTS) is 1. The number of para-hydroxylation sites is 1. The number of hydrogen-bond acceptors (Lipinski definition) is 2. The first kappa shape index (κ1) is 15.1. The highest BCUT2D eigenvalue weighted by Gasteiger charge is 2.21. The molecule has 110 valence electrons. The van der Waals surface area contributed by atoms with Crippen molar-refractivity contribution in [2.75, 3.05) is 5.32 Å². The third kappa shape index (κ3) is 3.63. The summed E-state index contributed by atoms with van der Waals surface area (Å²) in [5, 5.41) is 12.8. The number of benzene rings is 2. The van der Waals surface area contributed by atoms with E-state index < -0.39 is 11.9 Å². The Bertz CT molecular complexity index is 595. The molecular weight excluding hydrogens is 262 g/mol. The van der Waals surface area contributed by atoms with E-state index in [0.29, 0.717) is 6.42 Å². The molecule has 0 heterocycles. The van der Waals surface area contributed by atoms with E-state index >= 15 is 0 Å². The summed E-state index contributed by atoms with van der Waals surface area (Å²) < 4.78 is 0. The van der Waals surface area contributed by atoms with E-state index in [0.717, 1.165) is 11.3 Å². The van der Waals surface area contributed by atoms with E-state index in [4.69, 9.17) is 0 Å². The molecule has 2 N–H and O–H groups in total. The maximum Gasteiger partial charge on any atom is 0.311 e. The molecule has 0 spiro atoms. The molecule has 2 atom stereocenters. The number of nitrogens with one attached hydrogen (secondary N) is 1. The molecule has 2 rings (SSSR count). The largest absolute Gasteiger partial charge is 0.481 e. The molecule has 0 aliphatic rings. The summed E-state index contributed by atoms with van der Waals surface area (Å²) >= 11 is 0. The first-order valence-electron chi connectivity index (χ1n) is 7.26. The van der Waals surface area contributed by atoms with Gasteiger partial charge in [-0.2, -0.15) is 0 Å². The summed E-state index contributed by atoms with van der Waals surface area (Å²) in [6.07, 6.45) is 0.577. The van der Waals surface area contributed by atoms with Crippen LogP contribution >= 0.6 is 0 Å². The lowest BCUT2D eigenvalue weighted by molar-refractivity contribution is -0.138. The zero-order chi connectivity index (χ0) is 15.2. The zero-order valence-electron chi connectivity index (χ0n) is 12.4. The summed E-state index contributed by atoms with van der Waals surface area (Å²) in [5.41, 5.74) is 2.91. The molecule has 3 heteroatoms. The fraction of sp³-hybridized carbons (Fsp3) is 0.278. The monoisotopic (exact) mass is 283 g/mol. The molecule has 2 aromatic rings. The van der Waals surface area contributed by atoms with Crippen LogP contribution in [0.3, 0.4) is 0 Å². The fourth-order valence-electron chi connectivity index (χ4n) is 2.52. The predicted octanol–water partition coefficient (Wildman–Crippen LogP) is 4.44. The molecule has 0 aromatic heterocycles. The number of anilines is 1. The summed E-state index contributed by atoms with van der Waals surface area (Å²) in [7, 11) is 0. The van der Waals surface area contributed by atoms with Gasteiger partial charge in [0.25, 0.3) is 0 Å². The fourth-order valence-corrected chi connectivity index (χ4v) is 2.52. The summed E-state index contributed by atoms with van der Waals surface area (Å²) in [6, 6.07) is 17.9. The molecule has 0 amide bonds. The van der Waals surface area contributed by atoms with Crippen LogP contribution in [0.25, 0.3) is 0 Å². The van der Waals surface area contributed by atoms with Gasteiger partial charge in [0.15, 0.2) is 0 Å². The first-order chi connectivity index (χ1) is 10.1. The van der Waals surface area contributed by atoms with Gasteiger partial charge in [-0.1, -0.05) is 55.5 Å². The molecule has 0 fully saturated rings. The molecule has 2 aromatic carbocycles. The van der Waals surface area contributed by atoms with Crippen molar-refractivity contribution in [1.29, 1.82) is 0 Å².